The van der Waals surface area contributed by atoms with Crippen molar-refractivity contribution in [2.75, 3.05) is 13.2 Å². The fourth-order valence-corrected chi connectivity index (χ4v) is 2.71. The van der Waals surface area contributed by atoms with E-state index < -0.39 is 40.8 Å². The molecule has 0 rings (SSSR count). The van der Waals surface area contributed by atoms with Crippen LogP contribution in [0.5, 0.6) is 0 Å². The lowest BCUT2D eigenvalue weighted by Crippen LogP contribution is -2.48. The van der Waals surface area contributed by atoms with Crippen LogP contribution in [-0.2, 0) is 33.4 Å². The first-order chi connectivity index (χ1) is 12.9. The average molecular weight is 397 g/mol. The number of esters is 3. The largest absolute Gasteiger partial charge is 0.465 e. The molecule has 158 valence electrons. The van der Waals surface area contributed by atoms with E-state index in [4.69, 9.17) is 14.2 Å². The van der Waals surface area contributed by atoms with Crippen molar-refractivity contribution in [1.82, 2.24) is 0 Å². The Morgan fingerprint density at radius 1 is 1.00 bits per heavy atom. The second kappa shape index (κ2) is 10.8. The Bertz CT molecular complexity index is 611. The Balaban J connectivity index is 6.26. The third-order valence-electron chi connectivity index (χ3n) is 4.19. The van der Waals surface area contributed by atoms with Crippen molar-refractivity contribution < 1.29 is 33.4 Å². The zero-order chi connectivity index (χ0) is 22.1. The Hall–Kier alpha value is -2.43. The van der Waals surface area contributed by atoms with Crippen LogP contribution in [0.4, 0.5) is 0 Å². The van der Waals surface area contributed by atoms with Crippen molar-refractivity contribution in [2.45, 2.75) is 66.9 Å². The zero-order valence-corrected chi connectivity index (χ0v) is 17.8. The second-order valence-electron chi connectivity index (χ2n) is 7.56. The highest BCUT2D eigenvalue weighted by molar-refractivity contribution is 5.96. The summed E-state index contributed by atoms with van der Waals surface area (Å²) in [7, 11) is 0. The van der Waals surface area contributed by atoms with Gasteiger partial charge < -0.3 is 19.0 Å². The van der Waals surface area contributed by atoms with E-state index >= 15 is 0 Å². The lowest BCUT2D eigenvalue weighted by molar-refractivity contribution is -0.174. The van der Waals surface area contributed by atoms with Gasteiger partial charge in [0, 0.05) is 12.3 Å². The molecule has 8 nitrogen and oxygen atoms in total. The molecule has 0 heterocycles. The zero-order valence-electron chi connectivity index (χ0n) is 17.8. The fraction of sp³-hybridized carbons (Fsp3) is 0.750. The quantitative estimate of drug-likeness (QED) is 0.313. The number of nitriles is 1. The minimum atomic E-state index is -1.90. The van der Waals surface area contributed by atoms with E-state index in [9.17, 15) is 24.4 Å². The number of Topliss-reactive ketones (excluding diaryl/α,β-unsaturated/α-hetero) is 1. The van der Waals surface area contributed by atoms with Crippen LogP contribution in [0, 0.1) is 28.6 Å². The molecule has 0 N–H and O–H groups in total. The molecule has 0 unspecified atom stereocenters. The van der Waals surface area contributed by atoms with Crippen LogP contribution >= 0.6 is 0 Å². The topological polar surface area (TPSA) is 120 Å². The molecule has 0 aromatic heterocycles. The Labute approximate surface area is 166 Å². The summed E-state index contributed by atoms with van der Waals surface area (Å²) in [6.07, 6.45) is -0.278. The molecular weight excluding hydrogens is 366 g/mol. The molecule has 8 heteroatoms. The van der Waals surface area contributed by atoms with E-state index in [1.165, 1.54) is 13.8 Å². The minimum Gasteiger partial charge on any atom is -0.465 e. The van der Waals surface area contributed by atoms with Gasteiger partial charge in [0.1, 0.15) is 11.4 Å². The first kappa shape index (κ1) is 25.6. The van der Waals surface area contributed by atoms with Gasteiger partial charge in [0.2, 0.25) is 0 Å². The molecule has 0 aliphatic rings. The highest BCUT2D eigenvalue weighted by atomic mass is 16.6. The smallest absolute Gasteiger partial charge is 0.327 e. The Morgan fingerprint density at radius 2 is 1.46 bits per heavy atom. The van der Waals surface area contributed by atoms with Gasteiger partial charge in [-0.25, -0.2) is 0 Å². The molecule has 0 aliphatic carbocycles. The number of nitrogens with zero attached hydrogens (tertiary/aromatic N) is 1. The number of carbonyl (C=O) groups is 4. The summed E-state index contributed by atoms with van der Waals surface area (Å²) < 4.78 is 15.3. The molecule has 0 aromatic rings. The number of ether oxygens (including phenoxy) is 3. The number of hydrogen-bond donors (Lipinski definition) is 0. The van der Waals surface area contributed by atoms with Crippen molar-refractivity contribution >= 4 is 23.7 Å². The molecule has 0 saturated heterocycles. The van der Waals surface area contributed by atoms with Crippen molar-refractivity contribution in [3.63, 3.8) is 0 Å². The predicted octanol–water partition coefficient (Wildman–Crippen LogP) is 2.59. The van der Waals surface area contributed by atoms with Crippen LogP contribution in [0.25, 0.3) is 0 Å². The average Bonchev–Trinajstić information content (AvgIpc) is 2.54. The van der Waals surface area contributed by atoms with Gasteiger partial charge in [-0.05, 0) is 48.0 Å². The van der Waals surface area contributed by atoms with Crippen molar-refractivity contribution in [3.05, 3.63) is 0 Å². The lowest BCUT2D eigenvalue weighted by atomic mass is 9.68. The number of rotatable bonds is 10. The number of hydrogen-bond acceptors (Lipinski definition) is 8. The summed E-state index contributed by atoms with van der Waals surface area (Å²) in [6, 6.07) is 1.93. The maximum absolute atomic E-state index is 13.0. The summed E-state index contributed by atoms with van der Waals surface area (Å²) in [5, 5.41) is 9.93. The first-order valence-electron chi connectivity index (χ1n) is 9.33. The lowest BCUT2D eigenvalue weighted by Gasteiger charge is -2.35. The molecule has 0 radical (unpaired) electrons. The molecule has 2 atom stereocenters. The molecule has 0 bridgehead atoms. The first-order valence-corrected chi connectivity index (χ1v) is 9.33. The van der Waals surface area contributed by atoms with Gasteiger partial charge in [0.05, 0.1) is 19.3 Å². The predicted molar refractivity (Wildman–Crippen MR) is 99.7 cm³/mol. The SMILES string of the molecule is CCOC(=O)C(C(=O)OCC)[C@@H](C)[C@](C#N)(CCC(C)=O)C(=O)OC(C)(C)C. The van der Waals surface area contributed by atoms with Crippen molar-refractivity contribution in [2.24, 2.45) is 17.3 Å². The Kier molecular flexibility index (Phi) is 9.85. The van der Waals surface area contributed by atoms with Gasteiger partial charge in [-0.3, -0.25) is 14.4 Å². The molecule has 0 spiro atoms. The van der Waals surface area contributed by atoms with Crippen LogP contribution in [0.2, 0.25) is 0 Å². The van der Waals surface area contributed by atoms with E-state index in [1.54, 1.807) is 34.6 Å². The molecule has 0 fully saturated rings. The highest BCUT2D eigenvalue weighted by Crippen LogP contribution is 2.40. The molecule has 0 aromatic carbocycles. The highest BCUT2D eigenvalue weighted by Gasteiger charge is 2.54. The normalized spacial score (nSPS) is 14.4. The number of carbonyl (C=O) groups excluding carboxylic acids is 4. The van der Waals surface area contributed by atoms with Crippen LogP contribution in [0.15, 0.2) is 0 Å². The van der Waals surface area contributed by atoms with Gasteiger partial charge in [0.15, 0.2) is 11.3 Å². The van der Waals surface area contributed by atoms with Crippen molar-refractivity contribution in [1.29, 1.82) is 5.26 Å². The molecule has 0 amide bonds. The van der Waals surface area contributed by atoms with Crippen LogP contribution in [0.3, 0.4) is 0 Å². The van der Waals surface area contributed by atoms with Crippen LogP contribution in [-0.4, -0.2) is 42.5 Å². The number of ketones is 1. The van der Waals surface area contributed by atoms with E-state index in [0.717, 1.165) is 0 Å². The van der Waals surface area contributed by atoms with Gasteiger partial charge >= 0.3 is 17.9 Å². The summed E-state index contributed by atoms with van der Waals surface area (Å²) in [5.41, 5.74) is -2.80. The third kappa shape index (κ3) is 6.95. The summed E-state index contributed by atoms with van der Waals surface area (Å²) in [4.78, 5) is 49.4. The monoisotopic (exact) mass is 397 g/mol. The maximum atomic E-state index is 13.0. The molecule has 28 heavy (non-hydrogen) atoms. The standard InChI is InChI=1S/C20H31NO7/c1-8-26-16(23)15(17(24)27-9-2)14(4)20(12-21,11-10-13(3)22)18(25)28-19(5,6)7/h14-15H,8-11H2,1-7H3/t14-,20-/m1/s1. The molecular formula is C20H31NO7. The summed E-state index contributed by atoms with van der Waals surface area (Å²) in [6.45, 7) is 10.8. The molecule has 0 saturated carbocycles. The third-order valence-corrected chi connectivity index (χ3v) is 4.19. The summed E-state index contributed by atoms with van der Waals surface area (Å²) >= 11 is 0. The van der Waals surface area contributed by atoms with Gasteiger partial charge in [-0.2, -0.15) is 5.26 Å². The van der Waals surface area contributed by atoms with Crippen molar-refractivity contribution in [3.8, 4) is 6.07 Å². The Morgan fingerprint density at radius 3 is 1.79 bits per heavy atom. The second-order valence-corrected chi connectivity index (χ2v) is 7.56. The maximum Gasteiger partial charge on any atom is 0.327 e. The van der Waals surface area contributed by atoms with Gasteiger partial charge in [-0.15, -0.1) is 0 Å². The van der Waals surface area contributed by atoms with E-state index in [-0.39, 0.29) is 31.8 Å². The minimum absolute atomic E-state index is 0.0148. The summed E-state index contributed by atoms with van der Waals surface area (Å²) in [5.74, 6) is -5.54. The van der Waals surface area contributed by atoms with Gasteiger partial charge in [0.25, 0.3) is 0 Å². The van der Waals surface area contributed by atoms with E-state index in [1.807, 2.05) is 6.07 Å². The van der Waals surface area contributed by atoms with Crippen LogP contribution < -0.4 is 0 Å². The molecule has 0 aliphatic heterocycles. The van der Waals surface area contributed by atoms with E-state index in [0.29, 0.717) is 0 Å². The van der Waals surface area contributed by atoms with E-state index in [2.05, 4.69) is 0 Å². The van der Waals surface area contributed by atoms with Crippen LogP contribution in [0.1, 0.15) is 61.3 Å². The fourth-order valence-electron chi connectivity index (χ4n) is 2.71. The van der Waals surface area contributed by atoms with Gasteiger partial charge in [-0.1, -0.05) is 6.92 Å².